The van der Waals surface area contributed by atoms with Crippen LogP contribution in [0.2, 0.25) is 10.0 Å². The molecule has 0 heterocycles. The SMILES string of the molecule is COc1ccccc1OCC(=O)NNC(=O)c1cc(F)c(Cl)cc1Cl. The fraction of sp³-hybridized carbons (Fsp3) is 0.125. The zero-order valence-electron chi connectivity index (χ0n) is 12.9. The van der Waals surface area contributed by atoms with Crippen molar-refractivity contribution < 1.29 is 23.5 Å². The van der Waals surface area contributed by atoms with Gasteiger partial charge in [0.05, 0.1) is 22.7 Å². The third-order valence-corrected chi connectivity index (χ3v) is 3.60. The molecule has 2 N–H and O–H groups in total. The first-order valence-electron chi connectivity index (χ1n) is 6.92. The number of carbonyl (C=O) groups is 2. The van der Waals surface area contributed by atoms with Crippen molar-refractivity contribution in [3.8, 4) is 11.5 Å². The van der Waals surface area contributed by atoms with Gasteiger partial charge in [-0.3, -0.25) is 20.4 Å². The summed E-state index contributed by atoms with van der Waals surface area (Å²) in [5.41, 5.74) is 4.07. The minimum atomic E-state index is -0.804. The smallest absolute Gasteiger partial charge is 0.276 e. The normalized spacial score (nSPS) is 10.1. The van der Waals surface area contributed by atoms with E-state index in [0.717, 1.165) is 12.1 Å². The van der Waals surface area contributed by atoms with E-state index in [9.17, 15) is 14.0 Å². The van der Waals surface area contributed by atoms with Crippen LogP contribution >= 0.6 is 23.2 Å². The molecule has 0 bridgehead atoms. The molecule has 2 rings (SSSR count). The van der Waals surface area contributed by atoms with Gasteiger partial charge in [0.2, 0.25) is 0 Å². The second-order valence-corrected chi connectivity index (χ2v) is 5.50. The molecule has 0 atom stereocenters. The highest BCUT2D eigenvalue weighted by Crippen LogP contribution is 2.25. The minimum Gasteiger partial charge on any atom is -0.493 e. The van der Waals surface area contributed by atoms with Crippen molar-refractivity contribution in [1.82, 2.24) is 10.9 Å². The lowest BCUT2D eigenvalue weighted by Crippen LogP contribution is -2.44. The van der Waals surface area contributed by atoms with Gasteiger partial charge in [-0.1, -0.05) is 35.3 Å². The number of para-hydroxylation sites is 2. The molecule has 2 amide bonds. The van der Waals surface area contributed by atoms with E-state index in [0.29, 0.717) is 11.5 Å². The second-order valence-electron chi connectivity index (χ2n) is 4.69. The summed E-state index contributed by atoms with van der Waals surface area (Å²) in [7, 11) is 1.47. The van der Waals surface area contributed by atoms with E-state index in [1.807, 2.05) is 0 Å². The van der Waals surface area contributed by atoms with Crippen LogP contribution in [-0.4, -0.2) is 25.5 Å². The molecule has 132 valence electrons. The molecule has 0 aliphatic rings. The Morgan fingerprint density at radius 3 is 2.44 bits per heavy atom. The van der Waals surface area contributed by atoms with E-state index in [2.05, 4.69) is 10.9 Å². The van der Waals surface area contributed by atoms with Gasteiger partial charge in [0.25, 0.3) is 11.8 Å². The Morgan fingerprint density at radius 1 is 1.08 bits per heavy atom. The molecule has 0 saturated heterocycles. The fourth-order valence-corrected chi connectivity index (χ4v) is 2.28. The summed E-state index contributed by atoms with van der Waals surface area (Å²) in [6.45, 7) is -0.372. The Labute approximate surface area is 152 Å². The Bertz CT molecular complexity index is 802. The molecule has 0 spiro atoms. The molecule has 0 aliphatic heterocycles. The van der Waals surface area contributed by atoms with Gasteiger partial charge in [0.1, 0.15) is 5.82 Å². The number of amides is 2. The first-order valence-corrected chi connectivity index (χ1v) is 7.67. The average molecular weight is 387 g/mol. The van der Waals surface area contributed by atoms with Gasteiger partial charge >= 0.3 is 0 Å². The number of rotatable bonds is 5. The summed E-state index contributed by atoms with van der Waals surface area (Å²) in [5.74, 6) is -1.41. The maximum Gasteiger partial charge on any atom is 0.276 e. The Kier molecular flexibility index (Phi) is 6.44. The van der Waals surface area contributed by atoms with Gasteiger partial charge in [0.15, 0.2) is 18.1 Å². The van der Waals surface area contributed by atoms with Crippen LogP contribution in [0, 0.1) is 5.82 Å². The highest BCUT2D eigenvalue weighted by molar-refractivity contribution is 6.36. The molecule has 0 radical (unpaired) electrons. The summed E-state index contributed by atoms with van der Waals surface area (Å²) in [5, 5.41) is -0.265. The van der Waals surface area contributed by atoms with Crippen LogP contribution in [0.3, 0.4) is 0 Å². The molecule has 2 aromatic carbocycles. The van der Waals surface area contributed by atoms with Gasteiger partial charge in [-0.15, -0.1) is 0 Å². The molecule has 0 unspecified atom stereocenters. The fourth-order valence-electron chi connectivity index (χ4n) is 1.81. The maximum atomic E-state index is 13.4. The standard InChI is InChI=1S/C16H13Cl2FN2O4/c1-24-13-4-2-3-5-14(13)25-8-15(22)20-21-16(23)9-6-12(19)11(18)7-10(9)17/h2-7H,8H2,1H3,(H,20,22)(H,21,23). The maximum absolute atomic E-state index is 13.4. The highest BCUT2D eigenvalue weighted by Gasteiger charge is 2.15. The van der Waals surface area contributed by atoms with E-state index >= 15 is 0 Å². The molecular weight excluding hydrogens is 374 g/mol. The first kappa shape index (κ1) is 18.8. The number of ether oxygens (including phenoxy) is 2. The molecule has 25 heavy (non-hydrogen) atoms. The summed E-state index contributed by atoms with van der Waals surface area (Å²) in [4.78, 5) is 23.7. The van der Waals surface area contributed by atoms with E-state index in [-0.39, 0.29) is 22.2 Å². The third-order valence-electron chi connectivity index (χ3n) is 3.00. The lowest BCUT2D eigenvalue weighted by atomic mass is 10.2. The van der Waals surface area contributed by atoms with Crippen LogP contribution in [0.5, 0.6) is 11.5 Å². The molecule has 0 aliphatic carbocycles. The third kappa shape index (κ3) is 4.98. The largest absolute Gasteiger partial charge is 0.493 e. The van der Waals surface area contributed by atoms with Crippen molar-refractivity contribution in [2.24, 2.45) is 0 Å². The van der Waals surface area contributed by atoms with E-state index in [4.69, 9.17) is 32.7 Å². The van der Waals surface area contributed by atoms with E-state index < -0.39 is 17.6 Å². The van der Waals surface area contributed by atoms with E-state index in [1.54, 1.807) is 24.3 Å². The summed E-state index contributed by atoms with van der Waals surface area (Å²) in [6.07, 6.45) is 0. The number of halogens is 3. The number of hydrazine groups is 1. The van der Waals surface area contributed by atoms with Crippen LogP contribution in [0.15, 0.2) is 36.4 Å². The number of benzene rings is 2. The summed E-state index contributed by atoms with van der Waals surface area (Å²) < 4.78 is 23.8. The number of methoxy groups -OCH3 is 1. The number of hydrogen-bond donors (Lipinski definition) is 2. The topological polar surface area (TPSA) is 76.7 Å². The van der Waals surface area contributed by atoms with Gasteiger partial charge in [-0.05, 0) is 24.3 Å². The molecule has 0 saturated carbocycles. The lowest BCUT2D eigenvalue weighted by molar-refractivity contribution is -0.123. The number of hydrogen-bond acceptors (Lipinski definition) is 4. The molecule has 0 aromatic heterocycles. The quantitative estimate of drug-likeness (QED) is 0.611. The first-order chi connectivity index (χ1) is 11.9. The van der Waals surface area contributed by atoms with Gasteiger partial charge in [0, 0.05) is 0 Å². The monoisotopic (exact) mass is 386 g/mol. The van der Waals surface area contributed by atoms with E-state index in [1.165, 1.54) is 7.11 Å². The molecule has 9 heteroatoms. The second kappa shape index (κ2) is 8.55. The minimum absolute atomic E-state index is 0.0524. The number of nitrogens with one attached hydrogen (secondary N) is 2. The predicted molar refractivity (Wildman–Crippen MR) is 90.5 cm³/mol. The van der Waals surface area contributed by atoms with Gasteiger partial charge in [-0.25, -0.2) is 4.39 Å². The molecule has 0 fully saturated rings. The highest BCUT2D eigenvalue weighted by atomic mass is 35.5. The van der Waals surface area contributed by atoms with Gasteiger partial charge < -0.3 is 9.47 Å². The van der Waals surface area contributed by atoms with Crippen LogP contribution < -0.4 is 20.3 Å². The van der Waals surface area contributed by atoms with Gasteiger partial charge in [-0.2, -0.15) is 0 Å². The zero-order valence-corrected chi connectivity index (χ0v) is 14.4. The van der Waals surface area contributed by atoms with Crippen molar-refractivity contribution in [2.75, 3.05) is 13.7 Å². The molecular formula is C16H13Cl2FN2O4. The van der Waals surface area contributed by atoms with Crippen molar-refractivity contribution in [3.05, 3.63) is 57.8 Å². The van der Waals surface area contributed by atoms with Crippen molar-refractivity contribution in [2.45, 2.75) is 0 Å². The Morgan fingerprint density at radius 2 is 1.76 bits per heavy atom. The lowest BCUT2D eigenvalue weighted by Gasteiger charge is -2.11. The van der Waals surface area contributed by atoms with Crippen LogP contribution in [-0.2, 0) is 4.79 Å². The predicted octanol–water partition coefficient (Wildman–Crippen LogP) is 2.98. The average Bonchev–Trinajstić information content (AvgIpc) is 2.61. The molecule has 6 nitrogen and oxygen atoms in total. The Hall–Kier alpha value is -2.51. The zero-order chi connectivity index (χ0) is 18.4. The van der Waals surface area contributed by atoms with Crippen LogP contribution in [0.4, 0.5) is 4.39 Å². The Balaban J connectivity index is 1.89. The van der Waals surface area contributed by atoms with Crippen molar-refractivity contribution in [3.63, 3.8) is 0 Å². The number of carbonyl (C=O) groups excluding carboxylic acids is 2. The van der Waals surface area contributed by atoms with Crippen LogP contribution in [0.1, 0.15) is 10.4 Å². The summed E-state index contributed by atoms with van der Waals surface area (Å²) in [6, 6.07) is 8.74. The van der Waals surface area contributed by atoms with Crippen LogP contribution in [0.25, 0.3) is 0 Å². The summed E-state index contributed by atoms with van der Waals surface area (Å²) >= 11 is 11.4. The molecule has 2 aromatic rings. The van der Waals surface area contributed by atoms with Crippen molar-refractivity contribution in [1.29, 1.82) is 0 Å². The van der Waals surface area contributed by atoms with Crippen molar-refractivity contribution >= 4 is 35.0 Å².